The maximum absolute atomic E-state index is 12.2. The van der Waals surface area contributed by atoms with Gasteiger partial charge in [-0.05, 0) is 30.5 Å². The van der Waals surface area contributed by atoms with Crippen molar-refractivity contribution in [3.8, 4) is 5.75 Å². The predicted octanol–water partition coefficient (Wildman–Crippen LogP) is 1.04. The van der Waals surface area contributed by atoms with Gasteiger partial charge in [0.1, 0.15) is 12.4 Å². The van der Waals surface area contributed by atoms with Crippen LogP contribution >= 0.6 is 11.8 Å². The molecule has 5 nitrogen and oxygen atoms in total. The molecule has 1 N–H and O–H groups in total. The van der Waals surface area contributed by atoms with E-state index in [1.807, 2.05) is 6.26 Å². The van der Waals surface area contributed by atoms with E-state index >= 15 is 0 Å². The summed E-state index contributed by atoms with van der Waals surface area (Å²) >= 11 is 1.60. The third-order valence-corrected chi connectivity index (χ3v) is 4.96. The Labute approximate surface area is 118 Å². The molecule has 0 aromatic heterocycles. The van der Waals surface area contributed by atoms with Crippen molar-refractivity contribution in [3.05, 3.63) is 24.3 Å². The number of nitrogens with zero attached hydrogens (tertiary/aromatic N) is 1. The molecule has 0 aliphatic rings. The first kappa shape index (κ1) is 16.3. The first-order valence-corrected chi connectivity index (χ1v) is 8.64. The molecule has 0 saturated heterocycles. The van der Waals surface area contributed by atoms with Crippen LogP contribution in [-0.2, 0) is 10.0 Å². The van der Waals surface area contributed by atoms with E-state index in [1.54, 1.807) is 30.9 Å². The molecule has 1 aromatic rings. The van der Waals surface area contributed by atoms with Crippen LogP contribution in [0.25, 0.3) is 0 Å². The first-order valence-electron chi connectivity index (χ1n) is 5.81. The molecule has 0 atom stereocenters. The molecule has 1 aromatic carbocycles. The van der Waals surface area contributed by atoms with Crippen molar-refractivity contribution in [2.75, 3.05) is 38.8 Å². The van der Waals surface area contributed by atoms with E-state index in [0.717, 1.165) is 5.75 Å². The number of hydrogen-bond acceptors (Lipinski definition) is 5. The van der Waals surface area contributed by atoms with Crippen molar-refractivity contribution in [2.45, 2.75) is 4.90 Å². The largest absolute Gasteiger partial charge is 0.491 e. The SMILES string of the molecule is CSCCN(C)S(=O)(=O)c1ccc(OCCO)cc1. The lowest BCUT2D eigenvalue weighted by atomic mass is 10.3. The fraction of sp³-hybridized carbons (Fsp3) is 0.500. The summed E-state index contributed by atoms with van der Waals surface area (Å²) in [6.07, 6.45) is 1.94. The summed E-state index contributed by atoms with van der Waals surface area (Å²) in [5.41, 5.74) is 0. The van der Waals surface area contributed by atoms with Crippen molar-refractivity contribution >= 4 is 21.8 Å². The minimum atomic E-state index is -3.43. The molecule has 0 radical (unpaired) electrons. The molecule has 0 aliphatic carbocycles. The van der Waals surface area contributed by atoms with Crippen LogP contribution in [0.2, 0.25) is 0 Å². The Balaban J connectivity index is 2.78. The average Bonchev–Trinajstić information content (AvgIpc) is 2.42. The zero-order valence-corrected chi connectivity index (χ0v) is 12.7. The summed E-state index contributed by atoms with van der Waals surface area (Å²) in [5.74, 6) is 1.30. The molecular formula is C12H19NO4S2. The van der Waals surface area contributed by atoms with Gasteiger partial charge in [0.15, 0.2) is 0 Å². The molecule has 19 heavy (non-hydrogen) atoms. The Hall–Kier alpha value is -0.760. The van der Waals surface area contributed by atoms with Crippen LogP contribution in [0.1, 0.15) is 0 Å². The minimum absolute atomic E-state index is 0.0720. The summed E-state index contributed by atoms with van der Waals surface area (Å²) in [7, 11) is -1.86. The normalized spacial score (nSPS) is 11.8. The van der Waals surface area contributed by atoms with Crippen LogP contribution in [0.15, 0.2) is 29.2 Å². The molecule has 0 aliphatic heterocycles. The van der Waals surface area contributed by atoms with Crippen LogP contribution in [-0.4, -0.2) is 56.6 Å². The molecule has 108 valence electrons. The lowest BCUT2D eigenvalue weighted by molar-refractivity contribution is 0.201. The number of benzene rings is 1. The molecular weight excluding hydrogens is 286 g/mol. The first-order chi connectivity index (χ1) is 9.02. The highest BCUT2D eigenvalue weighted by atomic mass is 32.2. The van der Waals surface area contributed by atoms with Gasteiger partial charge in [0.05, 0.1) is 11.5 Å². The Morgan fingerprint density at radius 3 is 2.47 bits per heavy atom. The van der Waals surface area contributed by atoms with Crippen molar-refractivity contribution < 1.29 is 18.3 Å². The van der Waals surface area contributed by atoms with Gasteiger partial charge in [-0.1, -0.05) is 0 Å². The van der Waals surface area contributed by atoms with Gasteiger partial charge in [-0.2, -0.15) is 11.8 Å². The number of aliphatic hydroxyl groups is 1. The zero-order valence-electron chi connectivity index (χ0n) is 11.1. The van der Waals surface area contributed by atoms with Crippen LogP contribution in [0.3, 0.4) is 0 Å². The second kappa shape index (κ2) is 7.74. The van der Waals surface area contributed by atoms with E-state index < -0.39 is 10.0 Å². The third kappa shape index (κ3) is 4.68. The minimum Gasteiger partial charge on any atom is -0.491 e. The highest BCUT2D eigenvalue weighted by Crippen LogP contribution is 2.18. The van der Waals surface area contributed by atoms with Gasteiger partial charge in [-0.3, -0.25) is 0 Å². The maximum atomic E-state index is 12.2. The van der Waals surface area contributed by atoms with Gasteiger partial charge in [-0.15, -0.1) is 0 Å². The molecule has 0 bridgehead atoms. The van der Waals surface area contributed by atoms with Crippen molar-refractivity contribution in [1.82, 2.24) is 4.31 Å². The van der Waals surface area contributed by atoms with Crippen LogP contribution < -0.4 is 4.74 Å². The third-order valence-electron chi connectivity index (χ3n) is 2.50. The van der Waals surface area contributed by atoms with E-state index in [0.29, 0.717) is 12.3 Å². The lowest BCUT2D eigenvalue weighted by Crippen LogP contribution is -2.29. The Bertz CT molecular complexity index is 473. The zero-order chi connectivity index (χ0) is 14.3. The van der Waals surface area contributed by atoms with Crippen molar-refractivity contribution in [1.29, 1.82) is 0 Å². The molecule has 0 saturated carbocycles. The highest BCUT2D eigenvalue weighted by Gasteiger charge is 2.19. The number of aliphatic hydroxyl groups excluding tert-OH is 1. The Kier molecular flexibility index (Phi) is 6.64. The van der Waals surface area contributed by atoms with E-state index in [4.69, 9.17) is 9.84 Å². The smallest absolute Gasteiger partial charge is 0.242 e. The topological polar surface area (TPSA) is 66.8 Å². The molecule has 7 heteroatoms. The van der Waals surface area contributed by atoms with Gasteiger partial charge in [0.2, 0.25) is 10.0 Å². The number of rotatable bonds is 8. The van der Waals surface area contributed by atoms with E-state index in [-0.39, 0.29) is 18.1 Å². The second-order valence-corrected chi connectivity index (χ2v) is 6.89. The summed E-state index contributed by atoms with van der Waals surface area (Å²) < 4.78 is 30.9. The summed E-state index contributed by atoms with van der Waals surface area (Å²) in [6, 6.07) is 6.20. The van der Waals surface area contributed by atoms with Crippen molar-refractivity contribution in [2.24, 2.45) is 0 Å². The van der Waals surface area contributed by atoms with Crippen LogP contribution in [0.4, 0.5) is 0 Å². The van der Waals surface area contributed by atoms with Crippen LogP contribution in [0, 0.1) is 0 Å². The predicted molar refractivity (Wildman–Crippen MR) is 77.2 cm³/mol. The van der Waals surface area contributed by atoms with E-state index in [9.17, 15) is 8.42 Å². The molecule has 0 unspecified atom stereocenters. The van der Waals surface area contributed by atoms with Crippen molar-refractivity contribution in [3.63, 3.8) is 0 Å². The molecule has 0 spiro atoms. The summed E-state index contributed by atoms with van der Waals surface area (Å²) in [5, 5.41) is 8.64. The number of hydrogen-bond donors (Lipinski definition) is 1. The fourth-order valence-electron chi connectivity index (χ4n) is 1.39. The molecule has 1 rings (SSSR count). The number of thioether (sulfide) groups is 1. The Morgan fingerprint density at radius 1 is 1.32 bits per heavy atom. The van der Waals surface area contributed by atoms with Gasteiger partial charge < -0.3 is 9.84 Å². The van der Waals surface area contributed by atoms with Gasteiger partial charge in [0.25, 0.3) is 0 Å². The van der Waals surface area contributed by atoms with E-state index in [2.05, 4.69) is 0 Å². The number of ether oxygens (including phenoxy) is 1. The monoisotopic (exact) mass is 305 g/mol. The number of sulfonamides is 1. The Morgan fingerprint density at radius 2 is 1.95 bits per heavy atom. The van der Waals surface area contributed by atoms with Gasteiger partial charge in [-0.25, -0.2) is 12.7 Å². The molecule has 0 fully saturated rings. The maximum Gasteiger partial charge on any atom is 0.242 e. The molecule has 0 amide bonds. The second-order valence-electron chi connectivity index (χ2n) is 3.86. The summed E-state index contributed by atoms with van der Waals surface area (Å²) in [4.78, 5) is 0.243. The fourth-order valence-corrected chi connectivity index (χ4v) is 3.13. The highest BCUT2D eigenvalue weighted by molar-refractivity contribution is 7.98. The summed E-state index contributed by atoms with van der Waals surface area (Å²) in [6.45, 7) is 0.601. The quantitative estimate of drug-likeness (QED) is 0.777. The average molecular weight is 305 g/mol. The standard InChI is InChI=1S/C12H19NO4S2/c1-13(7-10-18-2)19(15,16)12-5-3-11(4-6-12)17-9-8-14/h3-6,14H,7-10H2,1-2H3. The van der Waals surface area contributed by atoms with Crippen LogP contribution in [0.5, 0.6) is 5.75 Å². The van der Waals surface area contributed by atoms with Gasteiger partial charge in [0, 0.05) is 19.3 Å². The molecule has 0 heterocycles. The van der Waals surface area contributed by atoms with E-state index in [1.165, 1.54) is 16.4 Å². The lowest BCUT2D eigenvalue weighted by Gasteiger charge is -2.16. The van der Waals surface area contributed by atoms with Gasteiger partial charge >= 0.3 is 0 Å².